The fourth-order valence-electron chi connectivity index (χ4n) is 1.73. The van der Waals surface area contributed by atoms with Crippen molar-refractivity contribution in [3.05, 3.63) is 46.2 Å². The van der Waals surface area contributed by atoms with Crippen molar-refractivity contribution in [3.8, 4) is 0 Å². The van der Waals surface area contributed by atoms with E-state index in [0.29, 0.717) is 11.4 Å². The van der Waals surface area contributed by atoms with Gasteiger partial charge in [0.15, 0.2) is 0 Å². The predicted molar refractivity (Wildman–Crippen MR) is 70.6 cm³/mol. The summed E-state index contributed by atoms with van der Waals surface area (Å²) in [6.07, 6.45) is 2.38. The molecule has 6 heteroatoms. The standard InChI is InChI=1S/C12H14BrFN4/c1-2-5-15-11(12-16-7-17-18-12)9-6-8(13)3-4-10(9)14/h3-4,6-7,11,15H,2,5H2,1H3,(H,16,17,18). The maximum absolute atomic E-state index is 13.9. The fraction of sp³-hybridized carbons (Fsp3) is 0.333. The van der Waals surface area contributed by atoms with Gasteiger partial charge in [-0.2, -0.15) is 5.10 Å². The molecule has 0 radical (unpaired) electrons. The number of nitrogens with one attached hydrogen (secondary N) is 2. The van der Waals surface area contributed by atoms with Crippen LogP contribution in [0.5, 0.6) is 0 Å². The van der Waals surface area contributed by atoms with Gasteiger partial charge in [-0.3, -0.25) is 5.10 Å². The molecule has 1 aromatic carbocycles. The van der Waals surface area contributed by atoms with Crippen LogP contribution in [0.2, 0.25) is 0 Å². The highest BCUT2D eigenvalue weighted by Crippen LogP contribution is 2.25. The highest BCUT2D eigenvalue weighted by molar-refractivity contribution is 9.10. The summed E-state index contributed by atoms with van der Waals surface area (Å²) in [6, 6.07) is 4.56. The van der Waals surface area contributed by atoms with Crippen LogP contribution in [0.15, 0.2) is 29.0 Å². The lowest BCUT2D eigenvalue weighted by atomic mass is 10.1. The highest BCUT2D eigenvalue weighted by atomic mass is 79.9. The van der Waals surface area contributed by atoms with E-state index in [9.17, 15) is 4.39 Å². The minimum atomic E-state index is -0.315. The van der Waals surface area contributed by atoms with Crippen LogP contribution in [-0.2, 0) is 0 Å². The highest BCUT2D eigenvalue weighted by Gasteiger charge is 2.20. The number of benzene rings is 1. The normalized spacial score (nSPS) is 12.6. The van der Waals surface area contributed by atoms with Gasteiger partial charge in [0.2, 0.25) is 0 Å². The Bertz CT molecular complexity index is 501. The maximum atomic E-state index is 13.9. The fourth-order valence-corrected chi connectivity index (χ4v) is 2.11. The first-order chi connectivity index (χ1) is 8.72. The molecule has 96 valence electrons. The van der Waals surface area contributed by atoms with Crippen molar-refractivity contribution in [2.75, 3.05) is 6.54 Å². The summed E-state index contributed by atoms with van der Waals surface area (Å²) in [5.41, 5.74) is 0.551. The Morgan fingerprint density at radius 3 is 3.00 bits per heavy atom. The number of hydrogen-bond donors (Lipinski definition) is 2. The molecule has 1 unspecified atom stereocenters. The summed E-state index contributed by atoms with van der Waals surface area (Å²) >= 11 is 3.36. The smallest absolute Gasteiger partial charge is 0.146 e. The zero-order chi connectivity index (χ0) is 13.0. The minimum Gasteiger partial charge on any atom is -0.304 e. The molecule has 0 aliphatic rings. The lowest BCUT2D eigenvalue weighted by Crippen LogP contribution is -2.25. The Kier molecular flexibility index (Phi) is 4.43. The van der Waals surface area contributed by atoms with E-state index >= 15 is 0 Å². The van der Waals surface area contributed by atoms with Gasteiger partial charge in [-0.15, -0.1) is 0 Å². The van der Waals surface area contributed by atoms with Crippen molar-refractivity contribution in [2.45, 2.75) is 19.4 Å². The second-order valence-electron chi connectivity index (χ2n) is 3.92. The SMILES string of the molecule is CCCNC(c1ncn[nH]1)c1cc(Br)ccc1F. The molecule has 1 atom stereocenters. The topological polar surface area (TPSA) is 53.6 Å². The molecule has 2 N–H and O–H groups in total. The first kappa shape index (κ1) is 13.2. The molecule has 0 amide bonds. The van der Waals surface area contributed by atoms with Gasteiger partial charge < -0.3 is 5.32 Å². The summed E-state index contributed by atoms with van der Waals surface area (Å²) in [6.45, 7) is 2.83. The van der Waals surface area contributed by atoms with Crippen molar-refractivity contribution in [1.29, 1.82) is 0 Å². The van der Waals surface area contributed by atoms with Crippen LogP contribution in [0.3, 0.4) is 0 Å². The number of hydrogen-bond acceptors (Lipinski definition) is 3. The van der Waals surface area contributed by atoms with Crippen LogP contribution in [0.4, 0.5) is 4.39 Å². The van der Waals surface area contributed by atoms with Gasteiger partial charge in [0.1, 0.15) is 18.0 Å². The summed E-state index contributed by atoms with van der Waals surface area (Å²) in [7, 11) is 0. The molecular weight excluding hydrogens is 299 g/mol. The van der Waals surface area contributed by atoms with Crippen molar-refractivity contribution in [3.63, 3.8) is 0 Å². The molecule has 0 saturated carbocycles. The molecule has 1 aromatic heterocycles. The third kappa shape index (κ3) is 2.94. The lowest BCUT2D eigenvalue weighted by Gasteiger charge is -2.17. The summed E-state index contributed by atoms with van der Waals surface area (Å²) in [5.74, 6) is 0.351. The van der Waals surface area contributed by atoms with E-state index in [1.54, 1.807) is 12.1 Å². The number of nitrogens with zero attached hydrogens (tertiary/aromatic N) is 2. The average molecular weight is 313 g/mol. The second-order valence-corrected chi connectivity index (χ2v) is 4.84. The van der Waals surface area contributed by atoms with Crippen LogP contribution in [-0.4, -0.2) is 21.7 Å². The Morgan fingerprint density at radius 1 is 1.50 bits per heavy atom. The van der Waals surface area contributed by atoms with Gasteiger partial charge in [0, 0.05) is 10.0 Å². The number of aromatic nitrogens is 3. The number of rotatable bonds is 5. The molecule has 2 aromatic rings. The van der Waals surface area contributed by atoms with Gasteiger partial charge >= 0.3 is 0 Å². The van der Waals surface area contributed by atoms with Gasteiger partial charge in [-0.05, 0) is 31.2 Å². The first-order valence-electron chi connectivity index (χ1n) is 5.76. The zero-order valence-electron chi connectivity index (χ0n) is 9.95. The minimum absolute atomic E-state index is 0.261. The Labute approximate surface area is 113 Å². The van der Waals surface area contributed by atoms with Gasteiger partial charge in [-0.25, -0.2) is 9.37 Å². The molecule has 0 aliphatic carbocycles. The van der Waals surface area contributed by atoms with Crippen LogP contribution in [0.1, 0.15) is 30.8 Å². The molecule has 0 saturated heterocycles. The molecular formula is C12H14BrFN4. The molecule has 2 rings (SSSR count). The van der Waals surface area contributed by atoms with Crippen molar-refractivity contribution in [2.24, 2.45) is 0 Å². The van der Waals surface area contributed by atoms with Gasteiger partial charge in [0.05, 0.1) is 6.04 Å². The van der Waals surface area contributed by atoms with E-state index in [0.717, 1.165) is 17.4 Å². The second kappa shape index (κ2) is 6.06. The first-order valence-corrected chi connectivity index (χ1v) is 6.55. The Hall–Kier alpha value is -1.27. The lowest BCUT2D eigenvalue weighted by molar-refractivity contribution is 0.531. The van der Waals surface area contributed by atoms with E-state index in [2.05, 4.69) is 43.4 Å². The Morgan fingerprint density at radius 2 is 2.33 bits per heavy atom. The molecule has 0 spiro atoms. The van der Waals surface area contributed by atoms with E-state index in [4.69, 9.17) is 0 Å². The van der Waals surface area contributed by atoms with Crippen molar-refractivity contribution in [1.82, 2.24) is 20.5 Å². The van der Waals surface area contributed by atoms with E-state index in [-0.39, 0.29) is 11.9 Å². The quantitative estimate of drug-likeness (QED) is 0.892. The van der Waals surface area contributed by atoms with E-state index in [1.807, 2.05) is 0 Å². The summed E-state index contributed by atoms with van der Waals surface area (Å²) in [4.78, 5) is 4.11. The van der Waals surface area contributed by atoms with E-state index < -0.39 is 0 Å². The number of H-pyrrole nitrogens is 1. The molecule has 1 heterocycles. The van der Waals surface area contributed by atoms with E-state index in [1.165, 1.54) is 12.4 Å². The zero-order valence-corrected chi connectivity index (χ0v) is 11.5. The van der Waals surface area contributed by atoms with Crippen molar-refractivity contribution < 1.29 is 4.39 Å². The number of aromatic amines is 1. The van der Waals surface area contributed by atoms with Crippen LogP contribution in [0, 0.1) is 5.82 Å². The molecule has 0 bridgehead atoms. The van der Waals surface area contributed by atoms with Gasteiger partial charge in [0.25, 0.3) is 0 Å². The number of halogens is 2. The summed E-state index contributed by atoms with van der Waals surface area (Å²) < 4.78 is 14.8. The monoisotopic (exact) mass is 312 g/mol. The third-order valence-electron chi connectivity index (χ3n) is 2.57. The van der Waals surface area contributed by atoms with Crippen LogP contribution in [0.25, 0.3) is 0 Å². The molecule has 18 heavy (non-hydrogen) atoms. The maximum Gasteiger partial charge on any atom is 0.146 e. The average Bonchev–Trinajstić information content (AvgIpc) is 2.88. The molecule has 0 fully saturated rings. The molecule has 4 nitrogen and oxygen atoms in total. The largest absolute Gasteiger partial charge is 0.304 e. The van der Waals surface area contributed by atoms with Gasteiger partial charge in [-0.1, -0.05) is 22.9 Å². The van der Waals surface area contributed by atoms with Crippen molar-refractivity contribution >= 4 is 15.9 Å². The van der Waals surface area contributed by atoms with Crippen LogP contribution >= 0.6 is 15.9 Å². The van der Waals surface area contributed by atoms with Crippen LogP contribution < -0.4 is 5.32 Å². The molecule has 0 aliphatic heterocycles. The Balaban J connectivity index is 2.36. The summed E-state index contributed by atoms with van der Waals surface area (Å²) in [5, 5.41) is 9.87. The predicted octanol–water partition coefficient (Wildman–Crippen LogP) is 2.80. The third-order valence-corrected chi connectivity index (χ3v) is 3.07.